The minimum atomic E-state index is -0.0492. The SMILES string of the molecule is CN(CC1CC2CCC1C2)CC(C)(C)N. The average Bonchev–Trinajstić information content (AvgIpc) is 2.60. The highest BCUT2D eigenvalue weighted by molar-refractivity contribution is 4.91. The van der Waals surface area contributed by atoms with Gasteiger partial charge in [-0.3, -0.25) is 0 Å². The normalized spacial score (nSPS) is 35.4. The molecule has 0 saturated heterocycles. The summed E-state index contributed by atoms with van der Waals surface area (Å²) in [5.74, 6) is 3.08. The van der Waals surface area contributed by atoms with Crippen LogP contribution in [0.1, 0.15) is 39.5 Å². The molecule has 2 bridgehead atoms. The van der Waals surface area contributed by atoms with Crippen molar-refractivity contribution in [3.8, 4) is 0 Å². The van der Waals surface area contributed by atoms with E-state index >= 15 is 0 Å². The van der Waals surface area contributed by atoms with Crippen molar-refractivity contribution in [2.45, 2.75) is 45.1 Å². The molecule has 3 unspecified atom stereocenters. The highest BCUT2D eigenvalue weighted by Crippen LogP contribution is 2.48. The fourth-order valence-electron chi connectivity index (χ4n) is 3.76. The van der Waals surface area contributed by atoms with Crippen LogP contribution in [0.3, 0.4) is 0 Å². The van der Waals surface area contributed by atoms with E-state index in [1.807, 2.05) is 0 Å². The Balaban J connectivity index is 1.77. The zero-order chi connectivity index (χ0) is 11.1. The maximum atomic E-state index is 6.04. The molecule has 0 spiro atoms. The van der Waals surface area contributed by atoms with E-state index in [2.05, 4.69) is 25.8 Å². The second-order valence-corrected chi connectivity index (χ2v) is 6.62. The van der Waals surface area contributed by atoms with Crippen molar-refractivity contribution in [2.24, 2.45) is 23.5 Å². The summed E-state index contributed by atoms with van der Waals surface area (Å²) in [6, 6.07) is 0. The van der Waals surface area contributed by atoms with Gasteiger partial charge in [-0.15, -0.1) is 0 Å². The number of likely N-dealkylation sites (N-methyl/N-ethyl adjacent to an activating group) is 1. The molecule has 2 rings (SSSR count). The molecule has 0 heterocycles. The molecule has 2 fully saturated rings. The Hall–Kier alpha value is -0.0800. The first-order chi connectivity index (χ1) is 6.94. The second kappa shape index (κ2) is 4.06. The molecule has 15 heavy (non-hydrogen) atoms. The molecule has 0 aromatic rings. The monoisotopic (exact) mass is 210 g/mol. The van der Waals surface area contributed by atoms with Gasteiger partial charge in [0.15, 0.2) is 0 Å². The van der Waals surface area contributed by atoms with Crippen molar-refractivity contribution in [1.82, 2.24) is 4.90 Å². The first kappa shape index (κ1) is 11.4. The van der Waals surface area contributed by atoms with Crippen molar-refractivity contribution >= 4 is 0 Å². The number of rotatable bonds is 4. The molecule has 2 aliphatic rings. The molecule has 88 valence electrons. The largest absolute Gasteiger partial charge is 0.324 e. The zero-order valence-electron chi connectivity index (χ0n) is 10.5. The van der Waals surface area contributed by atoms with Crippen molar-refractivity contribution < 1.29 is 0 Å². The number of fused-ring (bicyclic) bond motifs is 2. The lowest BCUT2D eigenvalue weighted by molar-refractivity contribution is 0.194. The maximum Gasteiger partial charge on any atom is 0.0225 e. The van der Waals surface area contributed by atoms with Crippen LogP contribution in [0, 0.1) is 17.8 Å². The Morgan fingerprint density at radius 3 is 2.47 bits per heavy atom. The highest BCUT2D eigenvalue weighted by Gasteiger charge is 2.39. The smallest absolute Gasteiger partial charge is 0.0225 e. The van der Waals surface area contributed by atoms with Crippen LogP contribution in [0.5, 0.6) is 0 Å². The Kier molecular flexibility index (Phi) is 3.09. The van der Waals surface area contributed by atoms with Crippen LogP contribution < -0.4 is 5.73 Å². The maximum absolute atomic E-state index is 6.04. The zero-order valence-corrected chi connectivity index (χ0v) is 10.5. The summed E-state index contributed by atoms with van der Waals surface area (Å²) in [4.78, 5) is 2.44. The van der Waals surface area contributed by atoms with E-state index in [4.69, 9.17) is 5.73 Å². The van der Waals surface area contributed by atoms with Gasteiger partial charge in [0.05, 0.1) is 0 Å². The predicted molar refractivity (Wildman–Crippen MR) is 64.7 cm³/mol. The van der Waals surface area contributed by atoms with E-state index in [1.165, 1.54) is 32.2 Å². The first-order valence-corrected chi connectivity index (χ1v) is 6.41. The topological polar surface area (TPSA) is 29.3 Å². The molecule has 0 aliphatic heterocycles. The summed E-state index contributed by atoms with van der Waals surface area (Å²) in [6.07, 6.45) is 6.01. The van der Waals surface area contributed by atoms with Crippen LogP contribution in [0.2, 0.25) is 0 Å². The molecule has 0 radical (unpaired) electrons. The number of hydrogen-bond acceptors (Lipinski definition) is 2. The number of hydrogen-bond donors (Lipinski definition) is 1. The molecule has 0 aromatic carbocycles. The summed E-state index contributed by atoms with van der Waals surface area (Å²) in [6.45, 7) is 6.51. The first-order valence-electron chi connectivity index (χ1n) is 6.41. The number of nitrogens with zero attached hydrogens (tertiary/aromatic N) is 1. The van der Waals surface area contributed by atoms with Crippen LogP contribution in [0.25, 0.3) is 0 Å². The summed E-state index contributed by atoms with van der Waals surface area (Å²) < 4.78 is 0. The molecule has 2 saturated carbocycles. The van der Waals surface area contributed by atoms with Crippen LogP contribution in [0.4, 0.5) is 0 Å². The quantitative estimate of drug-likeness (QED) is 0.770. The highest BCUT2D eigenvalue weighted by atomic mass is 15.1. The molecule has 2 aliphatic carbocycles. The fraction of sp³-hybridized carbons (Fsp3) is 1.00. The van der Waals surface area contributed by atoms with E-state index in [0.717, 1.165) is 24.3 Å². The lowest BCUT2D eigenvalue weighted by atomic mass is 9.88. The molecule has 3 atom stereocenters. The van der Waals surface area contributed by atoms with Crippen LogP contribution >= 0.6 is 0 Å². The Bertz CT molecular complexity index is 219. The van der Waals surface area contributed by atoms with E-state index in [0.29, 0.717) is 0 Å². The van der Waals surface area contributed by atoms with Gasteiger partial charge in [0.25, 0.3) is 0 Å². The molecule has 2 nitrogen and oxygen atoms in total. The average molecular weight is 210 g/mol. The van der Waals surface area contributed by atoms with Crippen LogP contribution in [0.15, 0.2) is 0 Å². The third-order valence-electron chi connectivity index (χ3n) is 4.11. The number of nitrogens with two attached hydrogens (primary N) is 1. The van der Waals surface area contributed by atoms with Gasteiger partial charge in [-0.1, -0.05) is 6.42 Å². The van der Waals surface area contributed by atoms with Gasteiger partial charge in [0.2, 0.25) is 0 Å². The fourth-order valence-corrected chi connectivity index (χ4v) is 3.76. The van der Waals surface area contributed by atoms with Crippen molar-refractivity contribution in [2.75, 3.05) is 20.1 Å². The Morgan fingerprint density at radius 1 is 1.27 bits per heavy atom. The van der Waals surface area contributed by atoms with Gasteiger partial charge in [0.1, 0.15) is 0 Å². The molecular formula is C13H26N2. The standard InChI is InChI=1S/C13H26N2/c1-13(2,14)9-15(3)8-12-7-10-4-5-11(12)6-10/h10-12H,4-9,14H2,1-3H3. The summed E-state index contributed by atoms with van der Waals surface area (Å²) >= 11 is 0. The van der Waals surface area contributed by atoms with Gasteiger partial charge < -0.3 is 10.6 Å². The molecule has 2 N–H and O–H groups in total. The lowest BCUT2D eigenvalue weighted by Crippen LogP contribution is -2.45. The Labute approximate surface area is 94.2 Å². The minimum absolute atomic E-state index is 0.0492. The van der Waals surface area contributed by atoms with Gasteiger partial charge >= 0.3 is 0 Å². The van der Waals surface area contributed by atoms with Gasteiger partial charge in [-0.25, -0.2) is 0 Å². The van der Waals surface area contributed by atoms with Gasteiger partial charge in [-0.2, -0.15) is 0 Å². The van der Waals surface area contributed by atoms with Crippen LogP contribution in [-0.4, -0.2) is 30.6 Å². The Morgan fingerprint density at radius 2 is 2.00 bits per heavy atom. The van der Waals surface area contributed by atoms with Crippen molar-refractivity contribution in [1.29, 1.82) is 0 Å². The lowest BCUT2D eigenvalue weighted by Gasteiger charge is -2.31. The summed E-state index contributed by atoms with van der Waals surface area (Å²) in [5.41, 5.74) is 6.00. The van der Waals surface area contributed by atoms with Crippen LogP contribution in [-0.2, 0) is 0 Å². The van der Waals surface area contributed by atoms with Crippen molar-refractivity contribution in [3.05, 3.63) is 0 Å². The third kappa shape index (κ3) is 2.94. The van der Waals surface area contributed by atoms with E-state index in [-0.39, 0.29) is 5.54 Å². The second-order valence-electron chi connectivity index (χ2n) is 6.62. The molecule has 2 heteroatoms. The molecule has 0 amide bonds. The van der Waals surface area contributed by atoms with Crippen molar-refractivity contribution in [3.63, 3.8) is 0 Å². The molecular weight excluding hydrogens is 184 g/mol. The van der Waals surface area contributed by atoms with Gasteiger partial charge in [-0.05, 0) is 57.9 Å². The van der Waals surface area contributed by atoms with E-state index in [1.54, 1.807) is 0 Å². The summed E-state index contributed by atoms with van der Waals surface area (Å²) in [5, 5.41) is 0. The predicted octanol–water partition coefficient (Wildman–Crippen LogP) is 2.09. The minimum Gasteiger partial charge on any atom is -0.324 e. The third-order valence-corrected chi connectivity index (χ3v) is 4.11. The summed E-state index contributed by atoms with van der Waals surface area (Å²) in [7, 11) is 2.22. The van der Waals surface area contributed by atoms with Gasteiger partial charge in [0, 0.05) is 18.6 Å². The van der Waals surface area contributed by atoms with E-state index < -0.39 is 0 Å². The molecule has 0 aromatic heterocycles. The van der Waals surface area contributed by atoms with E-state index in [9.17, 15) is 0 Å².